The smallest absolute Gasteiger partial charge is 0.335 e. The first kappa shape index (κ1) is 21.6. The normalized spacial score (nSPS) is 19.9. The monoisotopic (exact) mass is 398 g/mol. The summed E-state index contributed by atoms with van der Waals surface area (Å²) in [7, 11) is 0. The molecule has 0 heterocycles. The number of carboxylic acids is 2. The Hall–Kier alpha value is -2.10. The van der Waals surface area contributed by atoms with E-state index >= 15 is 0 Å². The largest absolute Gasteiger partial charge is 0.478 e. The van der Waals surface area contributed by atoms with Crippen LogP contribution >= 0.6 is 0 Å². The lowest BCUT2D eigenvalue weighted by Gasteiger charge is -2.39. The van der Waals surface area contributed by atoms with Gasteiger partial charge in [-0.1, -0.05) is 56.7 Å². The molecule has 0 aliphatic heterocycles. The average molecular weight is 399 g/mol. The van der Waals surface area contributed by atoms with Crippen LogP contribution in [-0.4, -0.2) is 22.2 Å². The molecule has 0 unspecified atom stereocenters. The van der Waals surface area contributed by atoms with Crippen molar-refractivity contribution in [2.75, 3.05) is 0 Å². The fraction of sp³-hybridized carbons (Fsp3) is 0.600. The van der Waals surface area contributed by atoms with Gasteiger partial charge in [0.25, 0.3) is 0 Å². The van der Waals surface area contributed by atoms with Crippen LogP contribution in [0.1, 0.15) is 109 Å². The van der Waals surface area contributed by atoms with Crippen molar-refractivity contribution in [1.29, 1.82) is 0 Å². The van der Waals surface area contributed by atoms with Gasteiger partial charge in [-0.25, -0.2) is 9.59 Å². The molecule has 0 amide bonds. The summed E-state index contributed by atoms with van der Waals surface area (Å²) in [5, 5.41) is 18.9. The highest BCUT2D eigenvalue weighted by Crippen LogP contribution is 2.46. The van der Waals surface area contributed by atoms with E-state index in [2.05, 4.69) is 12.2 Å². The Kier molecular flexibility index (Phi) is 7.91. The van der Waals surface area contributed by atoms with Gasteiger partial charge >= 0.3 is 11.9 Å². The van der Waals surface area contributed by atoms with Gasteiger partial charge < -0.3 is 10.2 Å². The van der Waals surface area contributed by atoms with E-state index in [4.69, 9.17) is 0 Å². The summed E-state index contributed by atoms with van der Waals surface area (Å²) in [5.41, 5.74) is 1.13. The Morgan fingerprint density at radius 2 is 1.24 bits per heavy atom. The molecular weight excluding hydrogens is 364 g/mol. The van der Waals surface area contributed by atoms with Gasteiger partial charge in [0, 0.05) is 0 Å². The number of carboxylic acid groups (broad SMARTS) is 2. The van der Waals surface area contributed by atoms with E-state index in [1.54, 1.807) is 12.1 Å². The molecule has 4 nitrogen and oxygen atoms in total. The van der Waals surface area contributed by atoms with Gasteiger partial charge in [-0.05, 0) is 74.0 Å². The minimum atomic E-state index is -1.07. The predicted molar refractivity (Wildman–Crippen MR) is 115 cm³/mol. The third kappa shape index (κ3) is 5.71. The lowest BCUT2D eigenvalue weighted by atomic mass is 9.66. The third-order valence-electron chi connectivity index (χ3n) is 6.87. The van der Waals surface area contributed by atoms with Crippen LogP contribution in [-0.2, 0) is 0 Å². The molecule has 0 aromatic heterocycles. The van der Waals surface area contributed by atoms with Gasteiger partial charge in [0.05, 0.1) is 11.1 Å². The summed E-state index contributed by atoms with van der Waals surface area (Å²) in [6.45, 7) is 0. The minimum absolute atomic E-state index is 0.0622. The fourth-order valence-electron chi connectivity index (χ4n) is 5.21. The Balaban J connectivity index is 0.000000536. The molecule has 158 valence electrons. The summed E-state index contributed by atoms with van der Waals surface area (Å²) >= 11 is 0. The Morgan fingerprint density at radius 3 is 1.62 bits per heavy atom. The Bertz CT molecular complexity index is 700. The van der Waals surface area contributed by atoms with E-state index in [9.17, 15) is 19.8 Å². The van der Waals surface area contributed by atoms with E-state index in [-0.39, 0.29) is 17.0 Å². The van der Waals surface area contributed by atoms with Crippen LogP contribution in [0.15, 0.2) is 30.4 Å². The molecule has 1 aromatic rings. The standard InChI is InChI=1S/C21H28O4.C4H6/c22-20(23)16-11-12-17(18(13-16)21(24)25)19(14-7-3-1-4-8-14)15-9-5-2-6-10-15;1-2-4-3-1/h11-15,19H,1-10H2,(H,22,23)(H,24,25);1-2H,3-4H2. The first-order valence-electron chi connectivity index (χ1n) is 11.3. The molecule has 0 radical (unpaired) electrons. The topological polar surface area (TPSA) is 74.6 Å². The minimum Gasteiger partial charge on any atom is -0.478 e. The predicted octanol–water partition coefficient (Wildman–Crippen LogP) is 6.66. The van der Waals surface area contributed by atoms with Crippen LogP contribution < -0.4 is 0 Å². The van der Waals surface area contributed by atoms with Gasteiger partial charge in [-0.2, -0.15) is 0 Å². The summed E-state index contributed by atoms with van der Waals surface area (Å²) in [6.07, 6.45) is 19.1. The van der Waals surface area contributed by atoms with Crippen LogP contribution in [0.2, 0.25) is 0 Å². The molecule has 1 aromatic carbocycles. The molecule has 29 heavy (non-hydrogen) atoms. The van der Waals surface area contributed by atoms with E-state index in [0.29, 0.717) is 11.8 Å². The number of rotatable bonds is 5. The van der Waals surface area contributed by atoms with Crippen LogP contribution in [0.4, 0.5) is 0 Å². The van der Waals surface area contributed by atoms with Crippen LogP contribution in [0, 0.1) is 11.8 Å². The summed E-state index contributed by atoms with van der Waals surface area (Å²) in [4.78, 5) is 23.1. The van der Waals surface area contributed by atoms with Gasteiger partial charge in [-0.3, -0.25) is 0 Å². The SMILES string of the molecule is C1=CCC1.O=C(O)c1ccc(C(C2CCCCC2)C2CCCCC2)c(C(=O)O)c1. The lowest BCUT2D eigenvalue weighted by molar-refractivity contribution is 0.0692. The van der Waals surface area contributed by atoms with Gasteiger partial charge in [0.1, 0.15) is 0 Å². The zero-order valence-electron chi connectivity index (χ0n) is 17.3. The summed E-state index contributed by atoms with van der Waals surface area (Å²) in [5.74, 6) is -0.749. The van der Waals surface area contributed by atoms with E-state index < -0.39 is 11.9 Å². The van der Waals surface area contributed by atoms with Crippen LogP contribution in [0.3, 0.4) is 0 Å². The van der Waals surface area contributed by atoms with Crippen molar-refractivity contribution in [2.24, 2.45) is 11.8 Å². The maximum atomic E-state index is 11.9. The molecule has 0 bridgehead atoms. The van der Waals surface area contributed by atoms with Crippen LogP contribution in [0.5, 0.6) is 0 Å². The molecule has 0 atom stereocenters. The van der Waals surface area contributed by atoms with Gasteiger partial charge in [0.15, 0.2) is 0 Å². The van der Waals surface area contributed by atoms with Crippen molar-refractivity contribution in [3.05, 3.63) is 47.0 Å². The second-order valence-corrected chi connectivity index (χ2v) is 8.78. The number of allylic oxidation sites excluding steroid dienone is 2. The zero-order chi connectivity index (χ0) is 20.6. The number of hydrogen-bond donors (Lipinski definition) is 2. The molecule has 3 aliphatic carbocycles. The number of hydrogen-bond acceptors (Lipinski definition) is 2. The molecular formula is C25H34O4. The molecule has 4 heteroatoms. The van der Waals surface area contributed by atoms with Crippen molar-refractivity contribution in [1.82, 2.24) is 0 Å². The van der Waals surface area contributed by atoms with E-state index in [0.717, 1.165) is 5.56 Å². The molecule has 2 saturated carbocycles. The Labute approximate surface area is 174 Å². The first-order chi connectivity index (χ1) is 14.1. The van der Waals surface area contributed by atoms with Gasteiger partial charge in [-0.15, -0.1) is 0 Å². The van der Waals surface area contributed by atoms with Crippen molar-refractivity contribution >= 4 is 11.9 Å². The Morgan fingerprint density at radius 1 is 0.759 bits per heavy atom. The highest BCUT2D eigenvalue weighted by Gasteiger charge is 2.35. The zero-order valence-corrected chi connectivity index (χ0v) is 17.3. The molecule has 4 rings (SSSR count). The molecule has 0 saturated heterocycles. The molecule has 3 aliphatic rings. The second kappa shape index (κ2) is 10.6. The fourth-order valence-corrected chi connectivity index (χ4v) is 5.21. The quantitative estimate of drug-likeness (QED) is 0.544. The lowest BCUT2D eigenvalue weighted by Crippen LogP contribution is -2.27. The first-order valence-corrected chi connectivity index (χ1v) is 11.3. The maximum absolute atomic E-state index is 11.9. The van der Waals surface area contributed by atoms with Crippen molar-refractivity contribution < 1.29 is 19.8 Å². The average Bonchev–Trinajstić information content (AvgIpc) is 2.68. The number of carbonyl (C=O) groups is 2. The van der Waals surface area contributed by atoms with E-state index in [1.165, 1.54) is 83.1 Å². The highest BCUT2D eigenvalue weighted by atomic mass is 16.4. The maximum Gasteiger partial charge on any atom is 0.335 e. The van der Waals surface area contributed by atoms with Crippen molar-refractivity contribution in [3.8, 4) is 0 Å². The van der Waals surface area contributed by atoms with Crippen LogP contribution in [0.25, 0.3) is 0 Å². The van der Waals surface area contributed by atoms with Crippen molar-refractivity contribution in [3.63, 3.8) is 0 Å². The molecule has 2 fully saturated rings. The molecule has 0 spiro atoms. The highest BCUT2D eigenvalue weighted by molar-refractivity contribution is 5.95. The second-order valence-electron chi connectivity index (χ2n) is 8.78. The molecule has 2 N–H and O–H groups in total. The summed E-state index contributed by atoms with van der Waals surface area (Å²) < 4.78 is 0. The third-order valence-corrected chi connectivity index (χ3v) is 6.87. The van der Waals surface area contributed by atoms with Crippen molar-refractivity contribution in [2.45, 2.75) is 83.0 Å². The number of aromatic carboxylic acids is 2. The number of benzene rings is 1. The summed E-state index contributed by atoms with van der Waals surface area (Å²) in [6, 6.07) is 4.74. The van der Waals surface area contributed by atoms with Gasteiger partial charge in [0.2, 0.25) is 0 Å². The van der Waals surface area contributed by atoms with E-state index in [1.807, 2.05) is 0 Å².